The quantitative estimate of drug-likeness (QED) is 0.660. The van der Waals surface area contributed by atoms with Gasteiger partial charge in [0.25, 0.3) is 5.91 Å². The summed E-state index contributed by atoms with van der Waals surface area (Å²) in [6, 6.07) is 12.0. The van der Waals surface area contributed by atoms with E-state index in [9.17, 15) is 17.6 Å². The molecule has 0 radical (unpaired) electrons. The first-order valence-corrected chi connectivity index (χ1v) is 13.0. The summed E-state index contributed by atoms with van der Waals surface area (Å²) in [5.74, 6) is -0.351. The molecule has 178 valence electrons. The van der Waals surface area contributed by atoms with E-state index in [-0.39, 0.29) is 11.7 Å². The van der Waals surface area contributed by atoms with Gasteiger partial charge in [-0.15, -0.1) is 0 Å². The molecule has 10 heteroatoms. The summed E-state index contributed by atoms with van der Waals surface area (Å²) < 4.78 is 40.4. The van der Waals surface area contributed by atoms with Gasteiger partial charge in [-0.25, -0.2) is 12.8 Å². The van der Waals surface area contributed by atoms with Crippen LogP contribution in [0.3, 0.4) is 0 Å². The van der Waals surface area contributed by atoms with Crippen molar-refractivity contribution in [3.63, 3.8) is 0 Å². The minimum Gasteiger partial charge on any atom is -0.367 e. The lowest BCUT2D eigenvalue weighted by Gasteiger charge is -2.35. The Labute approximate surface area is 194 Å². The molecule has 0 atom stereocenters. The fourth-order valence-electron chi connectivity index (χ4n) is 4.29. The molecule has 2 aliphatic heterocycles. The van der Waals surface area contributed by atoms with E-state index in [1.807, 2.05) is 12.1 Å². The Balaban J connectivity index is 1.45. The van der Waals surface area contributed by atoms with Crippen LogP contribution in [-0.2, 0) is 16.6 Å². The molecule has 2 N–H and O–H groups in total. The second-order valence-electron chi connectivity index (χ2n) is 8.50. The maximum absolute atomic E-state index is 13.9. The van der Waals surface area contributed by atoms with Crippen LogP contribution in [0.2, 0.25) is 0 Å². The molecular weight excluding hydrogens is 445 g/mol. The van der Waals surface area contributed by atoms with Crippen molar-refractivity contribution in [2.24, 2.45) is 0 Å². The zero-order valence-corrected chi connectivity index (χ0v) is 19.6. The number of hydrogen-bond donors (Lipinski definition) is 2. The van der Waals surface area contributed by atoms with Crippen molar-refractivity contribution in [2.45, 2.75) is 6.54 Å². The molecule has 2 saturated heterocycles. The van der Waals surface area contributed by atoms with Gasteiger partial charge in [0, 0.05) is 70.0 Å². The maximum atomic E-state index is 13.9. The lowest BCUT2D eigenvalue weighted by atomic mass is 10.1. The number of carbonyl (C=O) groups excluding carboxylic acids is 1. The smallest absolute Gasteiger partial charge is 0.254 e. The third-order valence-electron chi connectivity index (χ3n) is 6.01. The SMILES string of the molecule is CS(=O)(=O)Nc1cc(C(=O)N2CCN(Cc3ccccc3F)CC2)ccc1N1CCNCC1. The average Bonchev–Trinajstić information content (AvgIpc) is 2.80. The molecule has 0 bridgehead atoms. The molecule has 2 aliphatic rings. The largest absolute Gasteiger partial charge is 0.367 e. The minimum atomic E-state index is -3.50. The number of halogens is 1. The Morgan fingerprint density at radius 3 is 2.39 bits per heavy atom. The summed E-state index contributed by atoms with van der Waals surface area (Å²) in [6.45, 7) is 6.01. The summed E-state index contributed by atoms with van der Waals surface area (Å²) in [6.07, 6.45) is 1.11. The first kappa shape index (κ1) is 23.5. The highest BCUT2D eigenvalue weighted by Gasteiger charge is 2.24. The number of hydrogen-bond acceptors (Lipinski definition) is 6. The Hall–Kier alpha value is -2.69. The zero-order chi connectivity index (χ0) is 23.4. The minimum absolute atomic E-state index is 0.135. The van der Waals surface area contributed by atoms with Crippen LogP contribution in [0.5, 0.6) is 0 Å². The van der Waals surface area contributed by atoms with Crippen molar-refractivity contribution >= 4 is 27.3 Å². The van der Waals surface area contributed by atoms with E-state index in [1.54, 1.807) is 29.2 Å². The lowest BCUT2D eigenvalue weighted by molar-refractivity contribution is 0.0627. The molecule has 2 fully saturated rings. The Morgan fingerprint density at radius 2 is 1.73 bits per heavy atom. The van der Waals surface area contributed by atoms with Gasteiger partial charge in [-0.05, 0) is 24.3 Å². The topological polar surface area (TPSA) is 85.0 Å². The number of sulfonamides is 1. The second kappa shape index (κ2) is 10.1. The average molecular weight is 476 g/mol. The van der Waals surface area contributed by atoms with Gasteiger partial charge in [0.15, 0.2) is 0 Å². The highest BCUT2D eigenvalue weighted by molar-refractivity contribution is 7.92. The van der Waals surface area contributed by atoms with Crippen molar-refractivity contribution in [1.29, 1.82) is 0 Å². The van der Waals surface area contributed by atoms with Crippen molar-refractivity contribution in [3.05, 3.63) is 59.4 Å². The van der Waals surface area contributed by atoms with Crippen molar-refractivity contribution in [3.8, 4) is 0 Å². The van der Waals surface area contributed by atoms with Gasteiger partial charge >= 0.3 is 0 Å². The Kier molecular flexibility index (Phi) is 7.16. The zero-order valence-electron chi connectivity index (χ0n) is 18.8. The van der Waals surface area contributed by atoms with Crippen LogP contribution >= 0.6 is 0 Å². The number of carbonyl (C=O) groups is 1. The van der Waals surface area contributed by atoms with Crippen molar-refractivity contribution < 1.29 is 17.6 Å². The third-order valence-corrected chi connectivity index (χ3v) is 6.60. The molecular formula is C23H30FN5O3S. The molecule has 0 saturated carbocycles. The van der Waals surface area contributed by atoms with E-state index < -0.39 is 10.0 Å². The molecule has 33 heavy (non-hydrogen) atoms. The monoisotopic (exact) mass is 475 g/mol. The van der Waals surface area contributed by atoms with Gasteiger partial charge in [-0.3, -0.25) is 14.4 Å². The van der Waals surface area contributed by atoms with Gasteiger partial charge in [-0.2, -0.15) is 0 Å². The number of piperazine rings is 2. The molecule has 1 amide bonds. The van der Waals surface area contributed by atoms with Crippen LogP contribution < -0.4 is 14.9 Å². The third kappa shape index (κ3) is 6.01. The summed E-state index contributed by atoms with van der Waals surface area (Å²) >= 11 is 0. The van der Waals surface area contributed by atoms with E-state index >= 15 is 0 Å². The fraction of sp³-hybridized carbons (Fsp3) is 0.435. The molecule has 0 aliphatic carbocycles. The van der Waals surface area contributed by atoms with Gasteiger partial charge < -0.3 is 15.1 Å². The highest BCUT2D eigenvalue weighted by atomic mass is 32.2. The predicted octanol–water partition coefficient (Wildman–Crippen LogP) is 1.56. The van der Waals surface area contributed by atoms with E-state index in [4.69, 9.17) is 0 Å². The van der Waals surface area contributed by atoms with Crippen molar-refractivity contribution in [1.82, 2.24) is 15.1 Å². The number of nitrogens with one attached hydrogen (secondary N) is 2. The number of benzene rings is 2. The van der Waals surface area contributed by atoms with E-state index in [0.29, 0.717) is 49.5 Å². The molecule has 0 spiro atoms. The highest BCUT2D eigenvalue weighted by Crippen LogP contribution is 2.29. The van der Waals surface area contributed by atoms with Crippen LogP contribution in [0, 0.1) is 5.82 Å². The predicted molar refractivity (Wildman–Crippen MR) is 128 cm³/mol. The molecule has 2 aromatic carbocycles. The summed E-state index contributed by atoms with van der Waals surface area (Å²) in [7, 11) is -3.50. The van der Waals surface area contributed by atoms with Crippen molar-refractivity contribution in [2.75, 3.05) is 68.2 Å². The Bertz CT molecular complexity index is 1100. The molecule has 2 aromatic rings. The van der Waals surface area contributed by atoms with Crippen LogP contribution in [0.1, 0.15) is 15.9 Å². The van der Waals surface area contributed by atoms with Crippen LogP contribution in [-0.4, -0.2) is 82.7 Å². The summed E-state index contributed by atoms with van der Waals surface area (Å²) in [4.78, 5) is 19.2. The normalized spacial score (nSPS) is 17.8. The first-order chi connectivity index (χ1) is 15.8. The maximum Gasteiger partial charge on any atom is 0.254 e. The molecule has 0 aromatic heterocycles. The van der Waals surface area contributed by atoms with Gasteiger partial charge in [0.1, 0.15) is 5.82 Å². The lowest BCUT2D eigenvalue weighted by Crippen LogP contribution is -2.48. The summed E-state index contributed by atoms with van der Waals surface area (Å²) in [5.41, 5.74) is 2.29. The number of nitrogens with zero attached hydrogens (tertiary/aromatic N) is 3. The van der Waals surface area contributed by atoms with E-state index in [1.165, 1.54) is 6.07 Å². The number of amides is 1. The van der Waals surface area contributed by atoms with Crippen LogP contribution in [0.15, 0.2) is 42.5 Å². The van der Waals surface area contributed by atoms with Crippen LogP contribution in [0.25, 0.3) is 0 Å². The molecule has 2 heterocycles. The molecule has 8 nitrogen and oxygen atoms in total. The van der Waals surface area contributed by atoms with E-state index in [2.05, 4.69) is 19.8 Å². The van der Waals surface area contributed by atoms with E-state index in [0.717, 1.165) is 38.1 Å². The molecule has 4 rings (SSSR count). The van der Waals surface area contributed by atoms with Crippen LogP contribution in [0.4, 0.5) is 15.8 Å². The second-order valence-corrected chi connectivity index (χ2v) is 10.3. The van der Waals surface area contributed by atoms with Gasteiger partial charge in [0.05, 0.1) is 17.6 Å². The number of anilines is 2. The fourth-order valence-corrected chi connectivity index (χ4v) is 4.85. The summed E-state index contributed by atoms with van der Waals surface area (Å²) in [5, 5.41) is 3.28. The molecule has 0 unspecified atom stereocenters. The Morgan fingerprint density at radius 1 is 1.03 bits per heavy atom. The van der Waals surface area contributed by atoms with Gasteiger partial charge in [0.2, 0.25) is 10.0 Å². The standard InChI is InChI=1S/C23H30FN5O3S/c1-33(31,32)26-21-16-18(6-7-22(21)28-10-8-25-9-11-28)23(30)29-14-12-27(13-15-29)17-19-4-2-3-5-20(19)24/h2-7,16,25-26H,8-15,17H2,1H3. The first-order valence-electron chi connectivity index (χ1n) is 11.1. The number of rotatable bonds is 6. The van der Waals surface area contributed by atoms with Gasteiger partial charge in [-0.1, -0.05) is 18.2 Å².